The van der Waals surface area contributed by atoms with Crippen LogP contribution in [0.15, 0.2) is 28.6 Å². The van der Waals surface area contributed by atoms with Crippen LogP contribution >= 0.6 is 33.6 Å². The average molecular weight is 304 g/mol. The van der Waals surface area contributed by atoms with Crippen LogP contribution in [0.25, 0.3) is 0 Å². The van der Waals surface area contributed by atoms with Crippen molar-refractivity contribution in [3.05, 3.63) is 34.5 Å². The lowest BCUT2D eigenvalue weighted by Gasteiger charge is -2.12. The van der Waals surface area contributed by atoms with E-state index < -0.39 is 10.7 Å². The summed E-state index contributed by atoms with van der Waals surface area (Å²) in [5.41, 5.74) is 5.80. The number of nitrogen functional groups attached to an aromatic ring is 1. The van der Waals surface area contributed by atoms with E-state index in [0.29, 0.717) is 9.92 Å². The molecule has 1 aromatic heterocycles. The molecule has 0 aliphatic carbocycles. The molecule has 1 aromatic carbocycles. The van der Waals surface area contributed by atoms with Crippen LogP contribution in [0.5, 0.6) is 0 Å². The first-order chi connectivity index (χ1) is 8.61. The van der Waals surface area contributed by atoms with E-state index in [0.717, 1.165) is 5.13 Å². The minimum Gasteiger partial charge on any atom is -0.397 e. The summed E-state index contributed by atoms with van der Waals surface area (Å²) in [7, 11) is -0.596. The van der Waals surface area contributed by atoms with Gasteiger partial charge in [-0.25, -0.2) is 9.37 Å². The monoisotopic (exact) mass is 303 g/mol. The van der Waals surface area contributed by atoms with E-state index in [-0.39, 0.29) is 11.5 Å². The van der Waals surface area contributed by atoms with E-state index in [4.69, 9.17) is 17.3 Å². The average Bonchev–Trinajstić information content (AvgIpc) is 2.84. The van der Waals surface area contributed by atoms with E-state index in [1.165, 1.54) is 17.4 Å². The molecule has 0 bridgehead atoms. The Labute approximate surface area is 116 Å². The number of nitrogens with zero attached hydrogens (tertiary/aromatic N) is 1. The van der Waals surface area contributed by atoms with Gasteiger partial charge in [0.1, 0.15) is 5.82 Å². The lowest BCUT2D eigenvalue weighted by Crippen LogP contribution is -1.97. The molecule has 1 heterocycles. The molecule has 1 unspecified atom stereocenters. The fourth-order valence-corrected chi connectivity index (χ4v) is 3.62. The summed E-state index contributed by atoms with van der Waals surface area (Å²) in [6.45, 7) is 1.85. The summed E-state index contributed by atoms with van der Waals surface area (Å²) in [4.78, 5) is 4.59. The Morgan fingerprint density at radius 3 is 2.94 bits per heavy atom. The third-order valence-electron chi connectivity index (χ3n) is 2.15. The Morgan fingerprint density at radius 1 is 1.56 bits per heavy atom. The zero-order chi connectivity index (χ0) is 13.1. The van der Waals surface area contributed by atoms with Gasteiger partial charge in [0, 0.05) is 11.6 Å². The van der Waals surface area contributed by atoms with Crippen LogP contribution in [-0.2, 0) is 0 Å². The molecule has 18 heavy (non-hydrogen) atoms. The summed E-state index contributed by atoms with van der Waals surface area (Å²) < 4.78 is 17.0. The summed E-state index contributed by atoms with van der Waals surface area (Å²) in [5, 5.41) is 4.81. The number of halogens is 2. The number of anilines is 2. The predicted molar refractivity (Wildman–Crippen MR) is 79.2 cm³/mol. The van der Waals surface area contributed by atoms with E-state index >= 15 is 0 Å². The Bertz CT molecular complexity index is 584. The Hall–Kier alpha value is -1.11. The third kappa shape index (κ3) is 2.82. The van der Waals surface area contributed by atoms with E-state index in [1.54, 1.807) is 12.3 Å². The highest BCUT2D eigenvalue weighted by Crippen LogP contribution is 2.34. The van der Waals surface area contributed by atoms with Crippen molar-refractivity contribution >= 4 is 49.8 Å². The van der Waals surface area contributed by atoms with Crippen LogP contribution in [-0.4, -0.2) is 10.4 Å². The Morgan fingerprint density at radius 2 is 2.33 bits per heavy atom. The van der Waals surface area contributed by atoms with Gasteiger partial charge in [-0.3, -0.25) is 0 Å². The highest BCUT2D eigenvalue weighted by atomic mass is 35.5. The number of thiazole rings is 1. The van der Waals surface area contributed by atoms with E-state index in [9.17, 15) is 4.39 Å². The summed E-state index contributed by atoms with van der Waals surface area (Å²) in [5.74, 6) is -0.373. The maximum absolute atomic E-state index is 13.9. The number of hydrogen-bond donors (Lipinski definition) is 2. The summed E-state index contributed by atoms with van der Waals surface area (Å²) in [6, 6.07) is 2.79. The van der Waals surface area contributed by atoms with Gasteiger partial charge in [0.2, 0.25) is 0 Å². The summed E-state index contributed by atoms with van der Waals surface area (Å²) in [6.07, 6.45) is 1.69. The Balaban J connectivity index is 2.37. The van der Waals surface area contributed by atoms with Crippen LogP contribution in [0.1, 0.15) is 6.92 Å². The molecule has 0 aliphatic heterocycles. The van der Waals surface area contributed by atoms with Crippen molar-refractivity contribution in [2.75, 3.05) is 10.5 Å². The topological polar surface area (TPSA) is 50.9 Å². The second-order valence-electron chi connectivity index (χ2n) is 3.32. The highest BCUT2D eigenvalue weighted by molar-refractivity contribution is 8.16. The van der Waals surface area contributed by atoms with E-state index in [2.05, 4.69) is 9.71 Å². The smallest absolute Gasteiger partial charge is 0.192 e. The van der Waals surface area contributed by atoms with Crippen molar-refractivity contribution in [1.29, 1.82) is 0 Å². The maximum atomic E-state index is 13.9. The molecule has 0 fully saturated rings. The molecule has 1 atom stereocenters. The van der Waals surface area contributed by atoms with Gasteiger partial charge in [0.25, 0.3) is 0 Å². The van der Waals surface area contributed by atoms with Gasteiger partial charge in [-0.05, 0) is 24.4 Å². The molecule has 96 valence electrons. The quantitative estimate of drug-likeness (QED) is 0.666. The van der Waals surface area contributed by atoms with Gasteiger partial charge in [-0.1, -0.05) is 22.3 Å². The first-order valence-corrected chi connectivity index (χ1v) is 7.59. The fraction of sp³-hybridized carbons (Fsp3) is 0.0909. The third-order valence-corrected chi connectivity index (χ3v) is 4.97. The molecule has 3 nitrogen and oxygen atoms in total. The van der Waals surface area contributed by atoms with Gasteiger partial charge >= 0.3 is 0 Å². The molecular formula is C11H11ClFN3S2. The zero-order valence-corrected chi connectivity index (χ0v) is 11.9. The zero-order valence-electron chi connectivity index (χ0n) is 9.48. The van der Waals surface area contributed by atoms with E-state index in [1.807, 2.05) is 17.7 Å². The predicted octanol–water partition coefficient (Wildman–Crippen LogP) is 3.99. The summed E-state index contributed by atoms with van der Waals surface area (Å²) >= 11 is 7.39. The molecule has 0 amide bonds. The first kappa shape index (κ1) is 13.3. The van der Waals surface area contributed by atoms with Gasteiger partial charge in [0.15, 0.2) is 5.13 Å². The molecule has 0 spiro atoms. The van der Waals surface area contributed by atoms with Crippen molar-refractivity contribution in [2.24, 2.45) is 0 Å². The highest BCUT2D eigenvalue weighted by Gasteiger charge is 2.10. The van der Waals surface area contributed by atoms with Crippen LogP contribution in [0.4, 0.5) is 15.2 Å². The molecule has 7 heteroatoms. The van der Waals surface area contributed by atoms with Crippen molar-refractivity contribution in [3.8, 4) is 0 Å². The SMILES string of the molecule is C/C=S(/Nc1nccs1)c1cc(Cl)c(N)cc1F. The number of nitrogens with two attached hydrogens (primary N) is 1. The number of benzene rings is 1. The number of nitrogens with one attached hydrogen (secondary N) is 1. The van der Waals surface area contributed by atoms with Crippen molar-refractivity contribution < 1.29 is 4.39 Å². The van der Waals surface area contributed by atoms with Crippen molar-refractivity contribution in [2.45, 2.75) is 11.8 Å². The van der Waals surface area contributed by atoms with Crippen LogP contribution < -0.4 is 10.5 Å². The van der Waals surface area contributed by atoms with Gasteiger partial charge in [-0.2, -0.15) is 0 Å². The fourth-order valence-electron chi connectivity index (χ4n) is 1.32. The molecule has 2 aromatic rings. The molecule has 0 saturated carbocycles. The second-order valence-corrected chi connectivity index (χ2v) is 6.41. The molecule has 2 rings (SSSR count). The molecule has 0 saturated heterocycles. The van der Waals surface area contributed by atoms with Gasteiger partial charge < -0.3 is 10.5 Å². The maximum Gasteiger partial charge on any atom is 0.192 e. The normalized spacial score (nSPS) is 12.6. The molecule has 3 N–H and O–H groups in total. The second kappa shape index (κ2) is 5.69. The molecule has 0 radical (unpaired) electrons. The van der Waals surface area contributed by atoms with Crippen molar-refractivity contribution in [1.82, 2.24) is 4.98 Å². The number of hydrogen-bond acceptors (Lipinski definition) is 4. The molecule has 0 aliphatic rings. The van der Waals surface area contributed by atoms with Crippen molar-refractivity contribution in [3.63, 3.8) is 0 Å². The first-order valence-electron chi connectivity index (χ1n) is 5.05. The van der Waals surface area contributed by atoms with Crippen LogP contribution in [0.3, 0.4) is 0 Å². The minimum atomic E-state index is -0.596. The van der Waals surface area contributed by atoms with Gasteiger partial charge in [0.05, 0.1) is 15.6 Å². The van der Waals surface area contributed by atoms with Crippen LogP contribution in [0.2, 0.25) is 5.02 Å². The Kier molecular flexibility index (Phi) is 4.21. The van der Waals surface area contributed by atoms with Crippen LogP contribution in [0, 0.1) is 5.82 Å². The molecular weight excluding hydrogens is 293 g/mol. The largest absolute Gasteiger partial charge is 0.397 e. The van der Waals surface area contributed by atoms with Gasteiger partial charge in [-0.15, -0.1) is 11.3 Å². The number of rotatable bonds is 3. The lowest BCUT2D eigenvalue weighted by atomic mass is 10.3. The lowest BCUT2D eigenvalue weighted by molar-refractivity contribution is 0.603. The standard InChI is InChI=1S/C11H11ClFN3S2/c1-2-18(16-11-15-3-4-17-11)10-5-7(12)9(14)6-8(10)13/h2-6H,14H2,1H3,(H,15,16). The minimum absolute atomic E-state index is 0.242. The number of aromatic nitrogens is 1.